The zero-order chi connectivity index (χ0) is 17.5. The molecular formula is C20H21NO3. The Morgan fingerprint density at radius 2 is 1.67 bits per heavy atom. The van der Waals surface area contributed by atoms with Crippen LogP contribution in [0.3, 0.4) is 0 Å². The van der Waals surface area contributed by atoms with E-state index in [0.717, 1.165) is 5.56 Å². The molecule has 0 radical (unpaired) electrons. The van der Waals surface area contributed by atoms with E-state index in [2.05, 4.69) is 0 Å². The van der Waals surface area contributed by atoms with Gasteiger partial charge in [0.05, 0.1) is 5.54 Å². The first-order chi connectivity index (χ1) is 11.4. The number of carboxylic acid groups (broad SMARTS) is 1. The van der Waals surface area contributed by atoms with E-state index in [1.165, 1.54) is 0 Å². The van der Waals surface area contributed by atoms with Gasteiger partial charge >= 0.3 is 5.97 Å². The largest absolute Gasteiger partial charge is 0.481 e. The molecule has 4 heteroatoms. The van der Waals surface area contributed by atoms with Crippen molar-refractivity contribution in [3.05, 3.63) is 71.3 Å². The lowest BCUT2D eigenvalue weighted by molar-refractivity contribution is -0.143. The van der Waals surface area contributed by atoms with E-state index in [4.69, 9.17) is 0 Å². The lowest BCUT2D eigenvalue weighted by atomic mass is 9.69. The standard InChI is InChI=1S/C20H21NO3/c1-13(2)21-18(22)16-12-8-7-11-15(16)17(19(23)24)20(21,3)14-9-5-4-6-10-14/h4-13,17H,1-3H3,(H,23,24). The minimum atomic E-state index is -0.952. The van der Waals surface area contributed by atoms with Gasteiger partial charge in [-0.1, -0.05) is 48.5 Å². The zero-order valence-corrected chi connectivity index (χ0v) is 14.1. The number of carbonyl (C=O) groups is 2. The molecule has 0 aromatic heterocycles. The molecule has 0 aliphatic carbocycles. The van der Waals surface area contributed by atoms with Gasteiger partial charge < -0.3 is 10.0 Å². The van der Waals surface area contributed by atoms with Gasteiger partial charge in [0.1, 0.15) is 5.92 Å². The van der Waals surface area contributed by atoms with Crippen LogP contribution >= 0.6 is 0 Å². The van der Waals surface area contributed by atoms with Gasteiger partial charge in [0.15, 0.2) is 0 Å². The maximum Gasteiger partial charge on any atom is 0.313 e. The predicted octanol–water partition coefficient (Wildman–Crippen LogP) is 3.63. The summed E-state index contributed by atoms with van der Waals surface area (Å²) in [4.78, 5) is 27.1. The Balaban J connectivity index is 2.35. The minimum Gasteiger partial charge on any atom is -0.481 e. The monoisotopic (exact) mass is 323 g/mol. The molecule has 2 unspecified atom stereocenters. The maximum absolute atomic E-state index is 13.1. The lowest BCUT2D eigenvalue weighted by Crippen LogP contribution is -2.59. The molecule has 1 heterocycles. The first-order valence-electron chi connectivity index (χ1n) is 8.10. The Labute approximate surface area is 141 Å². The first kappa shape index (κ1) is 16.2. The maximum atomic E-state index is 13.1. The van der Waals surface area contributed by atoms with E-state index >= 15 is 0 Å². The van der Waals surface area contributed by atoms with Gasteiger partial charge in [-0.3, -0.25) is 9.59 Å². The van der Waals surface area contributed by atoms with Crippen LogP contribution in [0.25, 0.3) is 0 Å². The van der Waals surface area contributed by atoms with Crippen LogP contribution < -0.4 is 0 Å². The molecule has 1 aliphatic rings. The quantitative estimate of drug-likeness (QED) is 0.938. The van der Waals surface area contributed by atoms with Crippen LogP contribution in [0, 0.1) is 0 Å². The smallest absolute Gasteiger partial charge is 0.313 e. The normalized spacial score (nSPS) is 23.2. The second kappa shape index (κ2) is 5.78. The van der Waals surface area contributed by atoms with E-state index in [0.29, 0.717) is 11.1 Å². The topological polar surface area (TPSA) is 57.6 Å². The summed E-state index contributed by atoms with van der Waals surface area (Å²) in [6, 6.07) is 16.3. The van der Waals surface area contributed by atoms with Crippen molar-refractivity contribution in [2.45, 2.75) is 38.3 Å². The van der Waals surface area contributed by atoms with Gasteiger partial charge in [0.2, 0.25) is 0 Å². The van der Waals surface area contributed by atoms with Crippen LogP contribution in [-0.4, -0.2) is 27.9 Å². The minimum absolute atomic E-state index is 0.121. The number of rotatable bonds is 3. The molecule has 1 amide bonds. The summed E-state index contributed by atoms with van der Waals surface area (Å²) < 4.78 is 0. The van der Waals surface area contributed by atoms with Crippen LogP contribution in [0.5, 0.6) is 0 Å². The average molecular weight is 323 g/mol. The molecule has 2 aromatic rings. The fourth-order valence-electron chi connectivity index (χ4n) is 3.95. The molecular weight excluding hydrogens is 302 g/mol. The molecule has 1 N–H and O–H groups in total. The van der Waals surface area contributed by atoms with Crippen molar-refractivity contribution in [2.24, 2.45) is 0 Å². The average Bonchev–Trinajstić information content (AvgIpc) is 2.55. The molecule has 0 saturated carbocycles. The summed E-state index contributed by atoms with van der Waals surface area (Å²) in [6.45, 7) is 5.70. The van der Waals surface area contributed by atoms with Gasteiger partial charge in [-0.2, -0.15) is 0 Å². The van der Waals surface area contributed by atoms with Crippen molar-refractivity contribution in [1.29, 1.82) is 0 Å². The Hall–Kier alpha value is -2.62. The number of amides is 1. The summed E-state index contributed by atoms with van der Waals surface area (Å²) in [5, 5.41) is 10.0. The lowest BCUT2D eigenvalue weighted by Gasteiger charge is -2.51. The van der Waals surface area contributed by atoms with Gasteiger partial charge in [0.25, 0.3) is 5.91 Å². The van der Waals surface area contributed by atoms with Crippen molar-refractivity contribution < 1.29 is 14.7 Å². The second-order valence-corrected chi connectivity index (χ2v) is 6.64. The molecule has 4 nitrogen and oxygen atoms in total. The molecule has 0 fully saturated rings. The van der Waals surface area contributed by atoms with Crippen molar-refractivity contribution in [3.63, 3.8) is 0 Å². The fourth-order valence-corrected chi connectivity index (χ4v) is 3.95. The molecule has 24 heavy (non-hydrogen) atoms. The van der Waals surface area contributed by atoms with Gasteiger partial charge in [0, 0.05) is 11.6 Å². The van der Waals surface area contributed by atoms with E-state index in [1.807, 2.05) is 51.1 Å². The van der Waals surface area contributed by atoms with E-state index < -0.39 is 17.4 Å². The highest BCUT2D eigenvalue weighted by molar-refractivity contribution is 6.01. The summed E-state index contributed by atoms with van der Waals surface area (Å²) >= 11 is 0. The van der Waals surface area contributed by atoms with Crippen molar-refractivity contribution in [3.8, 4) is 0 Å². The summed E-state index contributed by atoms with van der Waals surface area (Å²) in [5.41, 5.74) is 0.936. The summed E-state index contributed by atoms with van der Waals surface area (Å²) in [7, 11) is 0. The van der Waals surface area contributed by atoms with Crippen LogP contribution in [0.1, 0.15) is 48.2 Å². The van der Waals surface area contributed by atoms with Crippen molar-refractivity contribution >= 4 is 11.9 Å². The van der Waals surface area contributed by atoms with Gasteiger partial charge in [-0.15, -0.1) is 0 Å². The number of nitrogens with zero attached hydrogens (tertiary/aromatic N) is 1. The second-order valence-electron chi connectivity index (χ2n) is 6.64. The molecule has 3 rings (SSSR count). The number of hydrogen-bond acceptors (Lipinski definition) is 2. The van der Waals surface area contributed by atoms with Crippen LogP contribution in [0.15, 0.2) is 54.6 Å². The Kier molecular flexibility index (Phi) is 3.91. The number of benzene rings is 2. The Morgan fingerprint density at radius 3 is 2.25 bits per heavy atom. The third-order valence-electron chi connectivity index (χ3n) is 4.91. The van der Waals surface area contributed by atoms with Gasteiger partial charge in [-0.25, -0.2) is 0 Å². The zero-order valence-electron chi connectivity index (χ0n) is 14.1. The molecule has 1 aliphatic heterocycles. The molecule has 2 atom stereocenters. The van der Waals surface area contributed by atoms with E-state index in [9.17, 15) is 14.7 Å². The summed E-state index contributed by atoms with van der Waals surface area (Å²) in [6.07, 6.45) is 0. The van der Waals surface area contributed by atoms with Crippen LogP contribution in [0.4, 0.5) is 0 Å². The predicted molar refractivity (Wildman–Crippen MR) is 91.9 cm³/mol. The Bertz CT molecular complexity index is 784. The number of hydrogen-bond donors (Lipinski definition) is 1. The van der Waals surface area contributed by atoms with Crippen molar-refractivity contribution in [1.82, 2.24) is 4.90 Å². The van der Waals surface area contributed by atoms with Crippen molar-refractivity contribution in [2.75, 3.05) is 0 Å². The van der Waals surface area contributed by atoms with E-state index in [-0.39, 0.29) is 11.9 Å². The third-order valence-corrected chi connectivity index (χ3v) is 4.91. The Morgan fingerprint density at radius 1 is 1.08 bits per heavy atom. The summed E-state index contributed by atoms with van der Waals surface area (Å²) in [5.74, 6) is -1.87. The molecule has 0 spiro atoms. The number of aliphatic carboxylic acids is 1. The first-order valence-corrected chi connectivity index (χ1v) is 8.10. The molecule has 0 saturated heterocycles. The number of fused-ring (bicyclic) bond motifs is 1. The SMILES string of the molecule is CC(C)N1C(=O)c2ccccc2C(C(=O)O)C1(C)c1ccccc1. The van der Waals surface area contributed by atoms with Crippen LogP contribution in [-0.2, 0) is 10.3 Å². The molecule has 0 bridgehead atoms. The third kappa shape index (κ3) is 2.21. The van der Waals surface area contributed by atoms with Gasteiger partial charge in [-0.05, 0) is 38.0 Å². The highest BCUT2D eigenvalue weighted by atomic mass is 16.4. The van der Waals surface area contributed by atoms with Crippen LogP contribution in [0.2, 0.25) is 0 Å². The fraction of sp³-hybridized carbons (Fsp3) is 0.300. The number of carboxylic acids is 1. The highest BCUT2D eigenvalue weighted by Crippen LogP contribution is 2.48. The van der Waals surface area contributed by atoms with E-state index in [1.54, 1.807) is 29.2 Å². The number of carbonyl (C=O) groups excluding carboxylic acids is 1. The molecule has 2 aromatic carbocycles. The highest BCUT2D eigenvalue weighted by Gasteiger charge is 2.53. The molecule has 124 valence electrons.